The van der Waals surface area contributed by atoms with E-state index in [1.807, 2.05) is 10.7 Å². The molecule has 2 aromatic heterocycles. The number of benzene rings is 1. The topological polar surface area (TPSA) is 72.9 Å². The Labute approximate surface area is 179 Å². The molecule has 1 aromatic carbocycles. The molecule has 1 atom stereocenters. The molecule has 1 aliphatic heterocycles. The van der Waals surface area contributed by atoms with Crippen LogP contribution in [-0.4, -0.2) is 28.3 Å². The number of rotatable bonds is 5. The predicted octanol–water partition coefficient (Wildman–Crippen LogP) is 3.90. The molecule has 9 heteroatoms. The fourth-order valence-electron chi connectivity index (χ4n) is 3.53. The van der Waals surface area contributed by atoms with Gasteiger partial charge in [-0.2, -0.15) is 5.10 Å². The number of fused-ring (bicyclic) bond motifs is 3. The van der Waals surface area contributed by atoms with E-state index in [4.69, 9.17) is 5.73 Å². The minimum atomic E-state index is -0.521. The first-order valence-electron chi connectivity index (χ1n) is 9.25. The Kier molecular flexibility index (Phi) is 5.80. The standard InChI is InChI=1S/C20H19BrF2N4OS/c21-15-10-25-27-5-1-2-17-14(19(15)27)8-18(29-17)20(28)26-13(9-24)7-11-6-12(22)3-4-16(11)23/h3-4,6,8,10,13H,1-2,5,7,9,24H2,(H,26,28)/t13-/m0/s1. The number of aromatic nitrogens is 2. The molecule has 0 saturated heterocycles. The summed E-state index contributed by atoms with van der Waals surface area (Å²) in [6.07, 6.45) is 3.70. The molecule has 5 nitrogen and oxygen atoms in total. The SMILES string of the molecule is NC[C@H](Cc1cc(F)ccc1F)NC(=O)c1cc2c(s1)CCCn1ncc(Br)c1-2. The quantitative estimate of drug-likeness (QED) is 0.581. The summed E-state index contributed by atoms with van der Waals surface area (Å²) >= 11 is 4.99. The van der Waals surface area contributed by atoms with Gasteiger partial charge in [0.1, 0.15) is 11.6 Å². The van der Waals surface area contributed by atoms with Gasteiger partial charge in [-0.3, -0.25) is 9.48 Å². The molecule has 0 fully saturated rings. The Morgan fingerprint density at radius 2 is 2.21 bits per heavy atom. The molecule has 0 spiro atoms. The van der Waals surface area contributed by atoms with Crippen LogP contribution in [0.15, 0.2) is 34.9 Å². The molecule has 0 bridgehead atoms. The summed E-state index contributed by atoms with van der Waals surface area (Å²) in [6.45, 7) is 0.948. The summed E-state index contributed by atoms with van der Waals surface area (Å²) in [5.74, 6) is -1.30. The van der Waals surface area contributed by atoms with E-state index in [1.165, 1.54) is 11.3 Å². The van der Waals surface area contributed by atoms with Crippen molar-refractivity contribution in [2.45, 2.75) is 31.8 Å². The summed E-state index contributed by atoms with van der Waals surface area (Å²) in [4.78, 5) is 14.5. The Bertz CT molecular complexity index is 1060. The maximum atomic E-state index is 13.9. The van der Waals surface area contributed by atoms with Gasteiger partial charge in [0.25, 0.3) is 5.91 Å². The van der Waals surface area contributed by atoms with Crippen molar-refractivity contribution in [2.24, 2.45) is 5.73 Å². The molecule has 0 aliphatic carbocycles. The highest BCUT2D eigenvalue weighted by Gasteiger charge is 2.24. The van der Waals surface area contributed by atoms with E-state index in [0.29, 0.717) is 4.88 Å². The highest BCUT2D eigenvalue weighted by molar-refractivity contribution is 9.10. The summed E-state index contributed by atoms with van der Waals surface area (Å²) in [5.41, 5.74) is 7.95. The fraction of sp³-hybridized carbons (Fsp3) is 0.300. The Morgan fingerprint density at radius 1 is 1.38 bits per heavy atom. The molecule has 1 aliphatic rings. The van der Waals surface area contributed by atoms with E-state index in [0.717, 1.165) is 58.2 Å². The smallest absolute Gasteiger partial charge is 0.261 e. The predicted molar refractivity (Wildman–Crippen MR) is 112 cm³/mol. The molecule has 0 unspecified atom stereocenters. The van der Waals surface area contributed by atoms with Gasteiger partial charge in [0, 0.05) is 29.6 Å². The highest BCUT2D eigenvalue weighted by Crippen LogP contribution is 2.38. The second-order valence-electron chi connectivity index (χ2n) is 6.96. The first kappa shape index (κ1) is 20.2. The number of halogens is 3. The number of hydrogen-bond donors (Lipinski definition) is 2. The van der Waals surface area contributed by atoms with E-state index in [-0.39, 0.29) is 24.4 Å². The van der Waals surface area contributed by atoms with Crippen LogP contribution in [-0.2, 0) is 19.4 Å². The van der Waals surface area contributed by atoms with Crippen molar-refractivity contribution in [2.75, 3.05) is 6.54 Å². The van der Waals surface area contributed by atoms with Gasteiger partial charge in [-0.1, -0.05) is 0 Å². The van der Waals surface area contributed by atoms with Gasteiger partial charge in [0.15, 0.2) is 0 Å². The van der Waals surface area contributed by atoms with E-state index in [1.54, 1.807) is 6.20 Å². The van der Waals surface area contributed by atoms with Crippen LogP contribution in [0.5, 0.6) is 0 Å². The maximum absolute atomic E-state index is 13.9. The van der Waals surface area contributed by atoms with Gasteiger partial charge in [0.05, 0.1) is 21.2 Å². The van der Waals surface area contributed by atoms with Crippen molar-refractivity contribution < 1.29 is 13.6 Å². The number of amides is 1. The second-order valence-corrected chi connectivity index (χ2v) is 8.95. The first-order chi connectivity index (χ1) is 14.0. The van der Waals surface area contributed by atoms with Crippen molar-refractivity contribution in [3.8, 4) is 11.3 Å². The number of nitrogens with zero attached hydrogens (tertiary/aromatic N) is 2. The van der Waals surface area contributed by atoms with E-state index >= 15 is 0 Å². The summed E-state index contributed by atoms with van der Waals surface area (Å²) in [7, 11) is 0. The van der Waals surface area contributed by atoms with Gasteiger partial charge < -0.3 is 11.1 Å². The lowest BCUT2D eigenvalue weighted by Crippen LogP contribution is -2.41. The molecular formula is C20H19BrF2N4OS. The largest absolute Gasteiger partial charge is 0.347 e. The maximum Gasteiger partial charge on any atom is 0.261 e. The molecule has 3 heterocycles. The monoisotopic (exact) mass is 480 g/mol. The molecule has 1 amide bonds. The summed E-state index contributed by atoms with van der Waals surface area (Å²) in [5, 5.41) is 7.24. The Morgan fingerprint density at radius 3 is 3.00 bits per heavy atom. The van der Waals surface area contributed by atoms with Crippen LogP contribution in [0.2, 0.25) is 0 Å². The molecule has 3 N–H and O–H groups in total. The van der Waals surface area contributed by atoms with E-state index in [9.17, 15) is 13.6 Å². The number of nitrogens with one attached hydrogen (secondary N) is 1. The third-order valence-corrected chi connectivity index (χ3v) is 6.72. The molecular weight excluding hydrogens is 462 g/mol. The highest BCUT2D eigenvalue weighted by atomic mass is 79.9. The van der Waals surface area contributed by atoms with Crippen LogP contribution in [0.3, 0.4) is 0 Å². The number of carbonyl (C=O) groups is 1. The van der Waals surface area contributed by atoms with Gasteiger partial charge in [-0.15, -0.1) is 11.3 Å². The average molecular weight is 481 g/mol. The number of thiophene rings is 1. The van der Waals surface area contributed by atoms with Gasteiger partial charge >= 0.3 is 0 Å². The molecule has 3 aromatic rings. The second kappa shape index (κ2) is 8.33. The molecule has 0 saturated carbocycles. The molecule has 152 valence electrons. The van der Waals surface area contributed by atoms with Gasteiger partial charge in [-0.05, 0) is 65.0 Å². The summed E-state index contributed by atoms with van der Waals surface area (Å²) < 4.78 is 30.2. The van der Waals surface area contributed by atoms with Crippen LogP contribution in [0.25, 0.3) is 11.3 Å². The van der Waals surface area contributed by atoms with E-state index in [2.05, 4.69) is 26.3 Å². The minimum Gasteiger partial charge on any atom is -0.347 e. The molecule has 4 rings (SSSR count). The van der Waals surface area contributed by atoms with Gasteiger partial charge in [0.2, 0.25) is 0 Å². The zero-order valence-electron chi connectivity index (χ0n) is 15.4. The first-order valence-corrected chi connectivity index (χ1v) is 10.9. The summed E-state index contributed by atoms with van der Waals surface area (Å²) in [6, 6.07) is 4.65. The lowest BCUT2D eigenvalue weighted by molar-refractivity contribution is 0.0942. The number of hydrogen-bond acceptors (Lipinski definition) is 4. The third-order valence-electron chi connectivity index (χ3n) is 4.95. The van der Waals surface area contributed by atoms with Crippen LogP contribution in [0.1, 0.15) is 26.5 Å². The van der Waals surface area contributed by atoms with Crippen LogP contribution in [0, 0.1) is 11.6 Å². The zero-order valence-corrected chi connectivity index (χ0v) is 17.8. The lowest BCUT2D eigenvalue weighted by Gasteiger charge is -2.17. The number of aryl methyl sites for hydroxylation is 2. The molecule has 0 radical (unpaired) electrons. The number of carbonyl (C=O) groups excluding carboxylic acids is 1. The van der Waals surface area contributed by atoms with Crippen LogP contribution < -0.4 is 11.1 Å². The van der Waals surface area contributed by atoms with Crippen molar-refractivity contribution in [1.29, 1.82) is 0 Å². The minimum absolute atomic E-state index is 0.116. The van der Waals surface area contributed by atoms with Crippen molar-refractivity contribution >= 4 is 33.2 Å². The van der Waals surface area contributed by atoms with Gasteiger partial charge in [-0.25, -0.2) is 8.78 Å². The number of nitrogens with two attached hydrogens (primary N) is 1. The third kappa shape index (κ3) is 4.12. The lowest BCUT2D eigenvalue weighted by atomic mass is 10.0. The van der Waals surface area contributed by atoms with Crippen molar-refractivity contribution in [3.63, 3.8) is 0 Å². The van der Waals surface area contributed by atoms with Crippen molar-refractivity contribution in [3.05, 3.63) is 61.9 Å². The zero-order chi connectivity index (χ0) is 20.5. The fourth-order valence-corrected chi connectivity index (χ4v) is 5.15. The Hall–Kier alpha value is -2.10. The van der Waals surface area contributed by atoms with E-state index < -0.39 is 17.7 Å². The van der Waals surface area contributed by atoms with Crippen LogP contribution >= 0.6 is 27.3 Å². The Balaban J connectivity index is 1.55. The average Bonchev–Trinajstić information content (AvgIpc) is 3.23. The van der Waals surface area contributed by atoms with Crippen molar-refractivity contribution in [1.82, 2.24) is 15.1 Å². The molecule has 29 heavy (non-hydrogen) atoms. The van der Waals surface area contributed by atoms with Crippen LogP contribution in [0.4, 0.5) is 8.78 Å². The normalized spacial score (nSPS) is 14.1.